The molecule has 2 aromatic rings. The fourth-order valence-corrected chi connectivity index (χ4v) is 6.21. The van der Waals surface area contributed by atoms with Gasteiger partial charge in [-0.1, -0.05) is 60.7 Å². The molecular formula is C13H16O3Si2. The Labute approximate surface area is 109 Å². The van der Waals surface area contributed by atoms with Crippen LogP contribution in [0.25, 0.3) is 0 Å². The molecule has 0 aromatic heterocycles. The van der Waals surface area contributed by atoms with Crippen molar-refractivity contribution in [1.29, 1.82) is 0 Å². The number of hydrogen-bond donors (Lipinski definition) is 2. The van der Waals surface area contributed by atoms with E-state index < -0.39 is 17.8 Å². The van der Waals surface area contributed by atoms with Gasteiger partial charge in [0.05, 0.1) is 0 Å². The van der Waals surface area contributed by atoms with Gasteiger partial charge in [0, 0.05) is 5.19 Å². The van der Waals surface area contributed by atoms with Gasteiger partial charge in [0.1, 0.15) is 0 Å². The molecule has 0 fully saturated rings. The fourth-order valence-electron chi connectivity index (χ4n) is 1.76. The number of hydrogen-bond acceptors (Lipinski definition) is 3. The molecule has 1 unspecified atom stereocenters. The zero-order chi connectivity index (χ0) is 13.0. The second-order valence-electron chi connectivity index (χ2n) is 4.15. The molecule has 2 rings (SSSR count). The third-order valence-corrected chi connectivity index (χ3v) is 7.90. The van der Waals surface area contributed by atoms with Crippen molar-refractivity contribution in [3.05, 3.63) is 60.7 Å². The lowest BCUT2D eigenvalue weighted by atomic mass is 10.4. The Hall–Kier alpha value is -1.25. The normalized spacial score (nSPS) is 13.3. The Morgan fingerprint density at radius 3 is 1.94 bits per heavy atom. The molecule has 0 bridgehead atoms. The minimum Gasteiger partial charge on any atom is -0.411 e. The molecule has 0 aliphatic carbocycles. The Bertz CT molecular complexity index is 488. The van der Waals surface area contributed by atoms with Gasteiger partial charge < -0.3 is 13.7 Å². The van der Waals surface area contributed by atoms with Crippen LogP contribution in [0, 0.1) is 0 Å². The minimum absolute atomic E-state index is 0.486. The van der Waals surface area contributed by atoms with E-state index in [0.717, 1.165) is 5.19 Å². The van der Waals surface area contributed by atoms with Crippen molar-refractivity contribution in [1.82, 2.24) is 0 Å². The Balaban J connectivity index is 2.14. The quantitative estimate of drug-likeness (QED) is 0.779. The molecule has 0 heterocycles. The van der Waals surface area contributed by atoms with Crippen LogP contribution in [0.15, 0.2) is 60.7 Å². The van der Waals surface area contributed by atoms with Gasteiger partial charge in [-0.15, -0.1) is 0 Å². The zero-order valence-corrected chi connectivity index (χ0v) is 12.3. The average Bonchev–Trinajstić information content (AvgIpc) is 2.40. The first-order valence-electron chi connectivity index (χ1n) is 5.82. The van der Waals surface area contributed by atoms with Gasteiger partial charge in [-0.2, -0.15) is 0 Å². The highest BCUT2D eigenvalue weighted by Gasteiger charge is 2.37. The van der Waals surface area contributed by atoms with Crippen LogP contribution in [0.5, 0.6) is 0 Å². The highest BCUT2D eigenvalue weighted by molar-refractivity contribution is 6.82. The number of rotatable bonds is 4. The predicted octanol–water partition coefficient (Wildman–Crippen LogP) is 0.0945. The summed E-state index contributed by atoms with van der Waals surface area (Å²) in [6.07, 6.45) is 0. The van der Waals surface area contributed by atoms with E-state index in [0.29, 0.717) is 5.19 Å². The molecule has 2 N–H and O–H groups in total. The largest absolute Gasteiger partial charge is 0.521 e. The Morgan fingerprint density at radius 1 is 0.889 bits per heavy atom. The van der Waals surface area contributed by atoms with E-state index in [1.165, 1.54) is 0 Å². The molecule has 0 saturated carbocycles. The second kappa shape index (κ2) is 5.60. The van der Waals surface area contributed by atoms with E-state index in [2.05, 4.69) is 0 Å². The first-order valence-corrected chi connectivity index (χ1v) is 9.83. The van der Waals surface area contributed by atoms with Gasteiger partial charge in [-0.25, -0.2) is 0 Å². The lowest BCUT2D eigenvalue weighted by Crippen LogP contribution is -2.56. The van der Waals surface area contributed by atoms with Gasteiger partial charge in [-0.3, -0.25) is 0 Å². The molecule has 5 heteroatoms. The van der Waals surface area contributed by atoms with Crippen molar-refractivity contribution in [2.24, 2.45) is 0 Å². The molecule has 0 spiro atoms. The van der Waals surface area contributed by atoms with E-state index in [4.69, 9.17) is 4.12 Å². The molecule has 0 amide bonds. The summed E-state index contributed by atoms with van der Waals surface area (Å²) in [5.74, 6) is 0. The van der Waals surface area contributed by atoms with Crippen molar-refractivity contribution in [3.63, 3.8) is 0 Å². The highest BCUT2D eigenvalue weighted by Crippen LogP contribution is 2.01. The molecule has 1 atom stereocenters. The van der Waals surface area contributed by atoms with Gasteiger partial charge in [0.2, 0.25) is 0 Å². The number of benzene rings is 2. The summed E-state index contributed by atoms with van der Waals surface area (Å²) < 4.78 is 5.60. The lowest BCUT2D eigenvalue weighted by molar-refractivity contribution is 0.264. The van der Waals surface area contributed by atoms with Crippen LogP contribution < -0.4 is 10.4 Å². The van der Waals surface area contributed by atoms with Crippen molar-refractivity contribution < 1.29 is 13.7 Å². The highest BCUT2D eigenvalue weighted by atomic mass is 28.4. The van der Waals surface area contributed by atoms with E-state index in [1.807, 2.05) is 42.9 Å². The van der Waals surface area contributed by atoms with Gasteiger partial charge >= 0.3 is 8.80 Å². The molecule has 2 aromatic carbocycles. The maximum absolute atomic E-state index is 10.1. The molecule has 0 radical (unpaired) electrons. The third-order valence-electron chi connectivity index (χ3n) is 2.76. The molecule has 18 heavy (non-hydrogen) atoms. The standard InChI is InChI=1S/C13H16O3Si2/c1-17(12-8-4-2-5-9-12)16-18(14,15)13-10-6-3-7-11-13/h2-11,14-15,17H,1H3. The topological polar surface area (TPSA) is 49.7 Å². The zero-order valence-electron chi connectivity index (χ0n) is 10.2. The van der Waals surface area contributed by atoms with Crippen molar-refractivity contribution in [3.8, 4) is 0 Å². The third kappa shape index (κ3) is 3.15. The average molecular weight is 276 g/mol. The Morgan fingerprint density at radius 2 is 1.39 bits per heavy atom. The van der Waals surface area contributed by atoms with Gasteiger partial charge in [0.25, 0.3) is 0 Å². The first kappa shape index (κ1) is 13.2. The summed E-state index contributed by atoms with van der Waals surface area (Å²) in [7, 11) is -5.56. The maximum atomic E-state index is 10.1. The second-order valence-corrected chi connectivity index (χ2v) is 8.83. The van der Waals surface area contributed by atoms with Crippen LogP contribution in [-0.4, -0.2) is 27.4 Å². The fraction of sp³-hybridized carbons (Fsp3) is 0.0769. The SMILES string of the molecule is C[SiH](O[Si](O)(O)c1ccccc1)c1ccccc1. The van der Waals surface area contributed by atoms with Crippen LogP contribution in [0.2, 0.25) is 6.55 Å². The van der Waals surface area contributed by atoms with E-state index in [-0.39, 0.29) is 0 Å². The van der Waals surface area contributed by atoms with Crippen LogP contribution in [-0.2, 0) is 4.12 Å². The minimum atomic E-state index is -3.76. The summed E-state index contributed by atoms with van der Waals surface area (Å²) in [5, 5.41) is 1.55. The molecular weight excluding hydrogens is 260 g/mol. The van der Waals surface area contributed by atoms with Crippen LogP contribution >= 0.6 is 0 Å². The van der Waals surface area contributed by atoms with Gasteiger partial charge in [0.15, 0.2) is 9.04 Å². The van der Waals surface area contributed by atoms with Gasteiger partial charge in [-0.05, 0) is 11.7 Å². The van der Waals surface area contributed by atoms with Crippen LogP contribution in [0.4, 0.5) is 0 Å². The summed E-state index contributed by atoms with van der Waals surface area (Å²) in [6.45, 7) is 1.95. The van der Waals surface area contributed by atoms with Crippen molar-refractivity contribution in [2.45, 2.75) is 6.55 Å². The van der Waals surface area contributed by atoms with Crippen molar-refractivity contribution >= 4 is 28.2 Å². The molecule has 94 valence electrons. The molecule has 3 nitrogen and oxygen atoms in total. The molecule has 0 saturated heterocycles. The van der Waals surface area contributed by atoms with E-state index in [9.17, 15) is 9.59 Å². The smallest absolute Gasteiger partial charge is 0.411 e. The van der Waals surface area contributed by atoms with Crippen molar-refractivity contribution in [2.75, 3.05) is 0 Å². The lowest BCUT2D eigenvalue weighted by Gasteiger charge is -2.22. The van der Waals surface area contributed by atoms with Crippen LogP contribution in [0.3, 0.4) is 0 Å². The summed E-state index contributed by atoms with van der Waals surface area (Å²) >= 11 is 0. The van der Waals surface area contributed by atoms with E-state index in [1.54, 1.807) is 24.3 Å². The first-order chi connectivity index (χ1) is 8.59. The predicted molar refractivity (Wildman–Crippen MR) is 76.4 cm³/mol. The van der Waals surface area contributed by atoms with Crippen LogP contribution in [0.1, 0.15) is 0 Å². The summed E-state index contributed by atoms with van der Waals surface area (Å²) in [4.78, 5) is 20.2. The van der Waals surface area contributed by atoms with E-state index >= 15 is 0 Å². The summed E-state index contributed by atoms with van der Waals surface area (Å²) in [6, 6.07) is 18.5. The summed E-state index contributed by atoms with van der Waals surface area (Å²) in [5.41, 5.74) is 0. The monoisotopic (exact) mass is 276 g/mol. The molecule has 0 aliphatic rings. The molecule has 0 aliphatic heterocycles. The maximum Gasteiger partial charge on any atom is 0.521 e. The Kier molecular flexibility index (Phi) is 4.10.